The molecule has 104 valence electrons. The first kappa shape index (κ1) is 13.8. The molecule has 3 N–H and O–H groups in total. The Bertz CT molecular complexity index is 330. The lowest BCUT2D eigenvalue weighted by atomic mass is 9.94. The molecule has 0 spiro atoms. The van der Waals surface area contributed by atoms with E-state index >= 15 is 0 Å². The fourth-order valence-electron chi connectivity index (χ4n) is 3.19. The molecular weight excluding hydrogens is 230 g/mol. The van der Waals surface area contributed by atoms with Gasteiger partial charge in [0.15, 0.2) is 0 Å². The Morgan fingerprint density at radius 2 is 2.06 bits per heavy atom. The number of nitrogens with zero attached hydrogens (tertiary/aromatic N) is 2. The molecule has 1 aliphatic heterocycles. The van der Waals surface area contributed by atoms with Crippen LogP contribution < -0.4 is 5.73 Å². The maximum Gasteiger partial charge on any atom is 0.325 e. The minimum Gasteiger partial charge on any atom is -0.480 e. The molecular formula is C13H25N3O2. The third-order valence-corrected chi connectivity index (χ3v) is 4.50. The molecule has 1 heterocycles. The Kier molecular flexibility index (Phi) is 3.67. The first-order valence-corrected chi connectivity index (χ1v) is 6.75. The molecule has 2 aliphatic rings. The molecule has 1 saturated carbocycles. The molecule has 0 aromatic rings. The Hall–Kier alpha value is -0.650. The molecule has 0 bridgehead atoms. The van der Waals surface area contributed by atoms with Gasteiger partial charge in [-0.3, -0.25) is 9.69 Å². The third-order valence-electron chi connectivity index (χ3n) is 4.50. The van der Waals surface area contributed by atoms with Crippen LogP contribution in [0.1, 0.15) is 19.8 Å². The largest absolute Gasteiger partial charge is 0.480 e. The summed E-state index contributed by atoms with van der Waals surface area (Å²) >= 11 is 0. The van der Waals surface area contributed by atoms with Crippen molar-refractivity contribution in [2.45, 2.75) is 31.3 Å². The van der Waals surface area contributed by atoms with Gasteiger partial charge in [-0.1, -0.05) is 6.92 Å². The number of hydrogen-bond donors (Lipinski definition) is 2. The van der Waals surface area contributed by atoms with Crippen molar-refractivity contribution in [3.05, 3.63) is 0 Å². The van der Waals surface area contributed by atoms with E-state index in [-0.39, 0.29) is 5.92 Å². The number of aliphatic carboxylic acids is 1. The lowest BCUT2D eigenvalue weighted by molar-refractivity contribution is -0.145. The zero-order valence-electron chi connectivity index (χ0n) is 11.6. The van der Waals surface area contributed by atoms with Gasteiger partial charge >= 0.3 is 5.97 Å². The van der Waals surface area contributed by atoms with Crippen LogP contribution in [0.25, 0.3) is 0 Å². The van der Waals surface area contributed by atoms with Crippen molar-refractivity contribution in [1.82, 2.24) is 9.80 Å². The Labute approximate surface area is 109 Å². The second kappa shape index (κ2) is 4.79. The highest BCUT2D eigenvalue weighted by atomic mass is 16.4. The van der Waals surface area contributed by atoms with Gasteiger partial charge < -0.3 is 15.7 Å². The van der Waals surface area contributed by atoms with E-state index in [4.69, 9.17) is 5.73 Å². The van der Waals surface area contributed by atoms with E-state index in [2.05, 4.69) is 30.8 Å². The van der Waals surface area contributed by atoms with Crippen molar-refractivity contribution < 1.29 is 9.90 Å². The predicted molar refractivity (Wildman–Crippen MR) is 70.4 cm³/mol. The molecule has 1 aliphatic carbocycles. The molecule has 5 nitrogen and oxygen atoms in total. The van der Waals surface area contributed by atoms with Gasteiger partial charge in [0.05, 0.1) is 0 Å². The summed E-state index contributed by atoms with van der Waals surface area (Å²) in [6, 6.07) is 0.502. The zero-order chi connectivity index (χ0) is 13.5. The number of carboxylic acids is 1. The topological polar surface area (TPSA) is 69.8 Å². The molecule has 2 rings (SSSR count). The van der Waals surface area contributed by atoms with Crippen LogP contribution in [-0.2, 0) is 4.79 Å². The van der Waals surface area contributed by atoms with Crippen molar-refractivity contribution in [1.29, 1.82) is 0 Å². The Balaban J connectivity index is 1.99. The highest BCUT2D eigenvalue weighted by molar-refractivity contribution is 5.79. The lowest BCUT2D eigenvalue weighted by Gasteiger charge is -2.30. The van der Waals surface area contributed by atoms with Crippen LogP contribution in [0.15, 0.2) is 0 Å². The van der Waals surface area contributed by atoms with Gasteiger partial charge in [0.2, 0.25) is 0 Å². The molecule has 2 fully saturated rings. The van der Waals surface area contributed by atoms with Gasteiger partial charge in [-0.05, 0) is 38.8 Å². The molecule has 5 heteroatoms. The van der Waals surface area contributed by atoms with Crippen molar-refractivity contribution in [2.24, 2.45) is 17.6 Å². The van der Waals surface area contributed by atoms with Gasteiger partial charge in [-0.25, -0.2) is 0 Å². The highest BCUT2D eigenvalue weighted by Crippen LogP contribution is 2.39. The maximum atomic E-state index is 11.4. The lowest BCUT2D eigenvalue weighted by Crippen LogP contribution is -2.57. The molecule has 0 aromatic carbocycles. The van der Waals surface area contributed by atoms with Crippen LogP contribution in [0.5, 0.6) is 0 Å². The van der Waals surface area contributed by atoms with E-state index in [1.54, 1.807) is 0 Å². The number of likely N-dealkylation sites (N-methyl/N-ethyl adjacent to an activating group) is 1. The van der Waals surface area contributed by atoms with Crippen LogP contribution in [0.3, 0.4) is 0 Å². The van der Waals surface area contributed by atoms with Crippen LogP contribution in [0, 0.1) is 11.8 Å². The smallest absolute Gasteiger partial charge is 0.325 e. The van der Waals surface area contributed by atoms with E-state index in [9.17, 15) is 9.90 Å². The molecule has 18 heavy (non-hydrogen) atoms. The summed E-state index contributed by atoms with van der Waals surface area (Å²) in [7, 11) is 4.16. The van der Waals surface area contributed by atoms with E-state index in [1.807, 2.05) is 0 Å². The summed E-state index contributed by atoms with van der Waals surface area (Å²) in [5.74, 6) is -0.105. The quantitative estimate of drug-likeness (QED) is 0.727. The van der Waals surface area contributed by atoms with Crippen molar-refractivity contribution in [3.63, 3.8) is 0 Å². The summed E-state index contributed by atoms with van der Waals surface area (Å²) in [6.07, 6.45) is 1.92. The number of likely N-dealkylation sites (tertiary alicyclic amines) is 1. The van der Waals surface area contributed by atoms with E-state index in [1.165, 1.54) is 0 Å². The number of carbonyl (C=O) groups is 1. The molecule has 0 radical (unpaired) electrons. The molecule has 3 atom stereocenters. The second-order valence-electron chi connectivity index (χ2n) is 6.32. The highest BCUT2D eigenvalue weighted by Gasteiger charge is 2.50. The fraction of sp³-hybridized carbons (Fsp3) is 0.923. The van der Waals surface area contributed by atoms with Gasteiger partial charge in [0.25, 0.3) is 0 Å². The van der Waals surface area contributed by atoms with Gasteiger partial charge in [0, 0.05) is 25.7 Å². The van der Waals surface area contributed by atoms with E-state index in [0.717, 1.165) is 25.9 Å². The van der Waals surface area contributed by atoms with Crippen LogP contribution in [-0.4, -0.2) is 66.2 Å². The Morgan fingerprint density at radius 1 is 1.44 bits per heavy atom. The van der Waals surface area contributed by atoms with Crippen LogP contribution in [0.2, 0.25) is 0 Å². The standard InChI is InChI=1S/C13H25N3O2/c1-9-6-16(7-11(9)15(2)3)8-13(14,12(17)18)10-4-5-10/h9-11H,4-8,14H2,1-3H3,(H,17,18). The van der Waals surface area contributed by atoms with Crippen molar-refractivity contribution >= 4 is 5.97 Å². The molecule has 3 unspecified atom stereocenters. The monoisotopic (exact) mass is 255 g/mol. The van der Waals surface area contributed by atoms with E-state index in [0.29, 0.717) is 18.5 Å². The number of hydrogen-bond acceptors (Lipinski definition) is 4. The fourth-order valence-corrected chi connectivity index (χ4v) is 3.19. The predicted octanol–water partition coefficient (Wildman–Crippen LogP) is 0.0604. The summed E-state index contributed by atoms with van der Waals surface area (Å²) in [5, 5.41) is 9.38. The van der Waals surface area contributed by atoms with Crippen molar-refractivity contribution in [3.8, 4) is 0 Å². The first-order valence-electron chi connectivity index (χ1n) is 6.75. The summed E-state index contributed by atoms with van der Waals surface area (Å²) in [4.78, 5) is 15.9. The summed E-state index contributed by atoms with van der Waals surface area (Å²) in [5.41, 5.74) is 5.10. The first-order chi connectivity index (χ1) is 8.34. The van der Waals surface area contributed by atoms with Gasteiger partial charge in [0.1, 0.15) is 5.54 Å². The normalized spacial score (nSPS) is 32.7. The minimum atomic E-state index is -1.04. The van der Waals surface area contributed by atoms with Gasteiger partial charge in [-0.15, -0.1) is 0 Å². The Morgan fingerprint density at radius 3 is 2.44 bits per heavy atom. The molecule has 1 saturated heterocycles. The average molecular weight is 255 g/mol. The maximum absolute atomic E-state index is 11.4. The third kappa shape index (κ3) is 2.53. The zero-order valence-corrected chi connectivity index (χ0v) is 11.6. The van der Waals surface area contributed by atoms with Crippen LogP contribution >= 0.6 is 0 Å². The number of nitrogens with two attached hydrogens (primary N) is 1. The molecule has 0 amide bonds. The number of rotatable bonds is 5. The summed E-state index contributed by atoms with van der Waals surface area (Å²) in [6.45, 7) is 4.58. The summed E-state index contributed by atoms with van der Waals surface area (Å²) < 4.78 is 0. The minimum absolute atomic E-state index is 0.170. The van der Waals surface area contributed by atoms with Gasteiger partial charge in [-0.2, -0.15) is 0 Å². The van der Waals surface area contributed by atoms with Crippen LogP contribution in [0.4, 0.5) is 0 Å². The number of carboxylic acid groups (broad SMARTS) is 1. The van der Waals surface area contributed by atoms with Crippen molar-refractivity contribution in [2.75, 3.05) is 33.7 Å². The van der Waals surface area contributed by atoms with E-state index < -0.39 is 11.5 Å². The molecule has 0 aromatic heterocycles. The SMILES string of the molecule is CC1CN(CC(N)(C(=O)O)C2CC2)CC1N(C)C. The second-order valence-corrected chi connectivity index (χ2v) is 6.32. The average Bonchev–Trinajstić information content (AvgIpc) is 3.03.